The van der Waals surface area contributed by atoms with Crippen LogP contribution in [0.15, 0.2) is 29.9 Å². The third-order valence-corrected chi connectivity index (χ3v) is 4.68. The van der Waals surface area contributed by atoms with Crippen molar-refractivity contribution in [1.82, 2.24) is 20.2 Å². The van der Waals surface area contributed by atoms with Crippen LogP contribution in [0.25, 0.3) is 11.3 Å². The number of amides is 2. The van der Waals surface area contributed by atoms with Gasteiger partial charge >= 0.3 is 6.03 Å². The highest BCUT2D eigenvalue weighted by molar-refractivity contribution is 7.14. The van der Waals surface area contributed by atoms with Gasteiger partial charge in [0.25, 0.3) is 0 Å². The van der Waals surface area contributed by atoms with Gasteiger partial charge in [-0.3, -0.25) is 10.3 Å². The Kier molecular flexibility index (Phi) is 5.90. The maximum atomic E-state index is 12.2. The summed E-state index contributed by atoms with van der Waals surface area (Å²) in [7, 11) is 4.06. The molecule has 0 fully saturated rings. The van der Waals surface area contributed by atoms with Crippen LogP contribution < -0.4 is 10.6 Å². The van der Waals surface area contributed by atoms with Gasteiger partial charge in [-0.15, -0.1) is 11.3 Å². The lowest BCUT2D eigenvalue weighted by atomic mass is 9.85. The minimum absolute atomic E-state index is 0.0256. The lowest BCUT2D eigenvalue weighted by molar-refractivity contribution is 0.183. The Morgan fingerprint density at radius 2 is 2.17 bits per heavy atom. The number of carbonyl (C=O) groups is 1. The van der Waals surface area contributed by atoms with E-state index in [-0.39, 0.29) is 17.5 Å². The van der Waals surface area contributed by atoms with Gasteiger partial charge in [0.15, 0.2) is 5.13 Å². The number of pyridine rings is 1. The van der Waals surface area contributed by atoms with E-state index in [0.29, 0.717) is 5.13 Å². The van der Waals surface area contributed by atoms with Gasteiger partial charge in [0.2, 0.25) is 0 Å². The average Bonchev–Trinajstić information content (AvgIpc) is 2.95. The summed E-state index contributed by atoms with van der Waals surface area (Å²) in [6.45, 7) is 7.19. The third-order valence-electron chi connectivity index (χ3n) is 3.93. The van der Waals surface area contributed by atoms with E-state index in [4.69, 9.17) is 0 Å². The molecule has 2 aromatic rings. The predicted octanol–water partition coefficient (Wildman–Crippen LogP) is 3.30. The molecule has 7 heteroatoms. The van der Waals surface area contributed by atoms with E-state index in [1.165, 1.54) is 11.3 Å². The molecule has 1 unspecified atom stereocenters. The first-order valence-electron chi connectivity index (χ1n) is 7.86. The van der Waals surface area contributed by atoms with E-state index >= 15 is 0 Å². The Balaban J connectivity index is 1.94. The zero-order chi connectivity index (χ0) is 17.7. The molecule has 24 heavy (non-hydrogen) atoms. The molecule has 0 aliphatic heterocycles. The topological polar surface area (TPSA) is 70.1 Å². The van der Waals surface area contributed by atoms with Crippen LogP contribution in [0, 0.1) is 5.41 Å². The fourth-order valence-corrected chi connectivity index (χ4v) is 3.17. The molecule has 2 aromatic heterocycles. The summed E-state index contributed by atoms with van der Waals surface area (Å²) in [5, 5.41) is 8.29. The summed E-state index contributed by atoms with van der Waals surface area (Å²) in [6, 6.07) is 3.60. The van der Waals surface area contributed by atoms with Crippen molar-refractivity contribution in [2.75, 3.05) is 26.0 Å². The van der Waals surface area contributed by atoms with E-state index in [1.54, 1.807) is 12.4 Å². The molecule has 0 spiro atoms. The lowest BCUT2D eigenvalue weighted by Crippen LogP contribution is -2.48. The average molecular weight is 347 g/mol. The molecule has 1 atom stereocenters. The van der Waals surface area contributed by atoms with Crippen LogP contribution in [0.1, 0.15) is 20.8 Å². The van der Waals surface area contributed by atoms with Gasteiger partial charge in [-0.05, 0) is 38.6 Å². The van der Waals surface area contributed by atoms with Gasteiger partial charge in [0.05, 0.1) is 5.69 Å². The monoisotopic (exact) mass is 347 g/mol. The van der Waals surface area contributed by atoms with Crippen LogP contribution in [-0.2, 0) is 0 Å². The Labute approximate surface area is 147 Å². The summed E-state index contributed by atoms with van der Waals surface area (Å²) < 4.78 is 0. The minimum Gasteiger partial charge on any atom is -0.335 e. The van der Waals surface area contributed by atoms with Gasteiger partial charge in [-0.1, -0.05) is 13.8 Å². The summed E-state index contributed by atoms with van der Waals surface area (Å²) in [6.07, 6.45) is 3.48. The first-order chi connectivity index (χ1) is 11.3. The molecule has 0 aliphatic rings. The summed E-state index contributed by atoms with van der Waals surface area (Å²) in [5.41, 5.74) is 1.71. The van der Waals surface area contributed by atoms with E-state index in [9.17, 15) is 4.79 Å². The maximum absolute atomic E-state index is 12.2. The molecule has 0 radical (unpaired) electrons. The Morgan fingerprint density at radius 3 is 2.79 bits per heavy atom. The Hall–Kier alpha value is -1.99. The van der Waals surface area contributed by atoms with Crippen molar-refractivity contribution < 1.29 is 4.79 Å². The number of urea groups is 1. The fourth-order valence-electron chi connectivity index (χ4n) is 2.46. The van der Waals surface area contributed by atoms with Crippen molar-refractivity contribution in [2.45, 2.75) is 26.8 Å². The van der Waals surface area contributed by atoms with Crippen LogP contribution in [-0.4, -0.2) is 47.6 Å². The van der Waals surface area contributed by atoms with Crippen molar-refractivity contribution in [3.63, 3.8) is 0 Å². The molecule has 6 nitrogen and oxygen atoms in total. The quantitative estimate of drug-likeness (QED) is 0.841. The second-order valence-electron chi connectivity index (χ2n) is 6.83. The van der Waals surface area contributed by atoms with Crippen LogP contribution in [0.5, 0.6) is 0 Å². The molecule has 130 valence electrons. The number of aromatic nitrogens is 2. The minimum atomic E-state index is -0.235. The Morgan fingerprint density at radius 1 is 1.42 bits per heavy atom. The number of nitrogens with one attached hydrogen (secondary N) is 2. The number of hydrogen-bond donors (Lipinski definition) is 2. The van der Waals surface area contributed by atoms with Crippen molar-refractivity contribution in [2.24, 2.45) is 5.41 Å². The molecule has 2 rings (SSSR count). The molecule has 0 saturated heterocycles. The van der Waals surface area contributed by atoms with Gasteiger partial charge in [0, 0.05) is 35.9 Å². The zero-order valence-electron chi connectivity index (χ0n) is 14.8. The zero-order valence-corrected chi connectivity index (χ0v) is 15.6. The molecule has 0 aliphatic carbocycles. The highest BCUT2D eigenvalue weighted by atomic mass is 32.1. The van der Waals surface area contributed by atoms with Crippen LogP contribution in [0.4, 0.5) is 9.93 Å². The summed E-state index contributed by atoms with van der Waals surface area (Å²) in [4.78, 5) is 22.9. The second-order valence-corrected chi connectivity index (χ2v) is 7.68. The van der Waals surface area contributed by atoms with E-state index in [0.717, 1.165) is 17.8 Å². The summed E-state index contributed by atoms with van der Waals surface area (Å²) >= 11 is 1.40. The highest BCUT2D eigenvalue weighted by Crippen LogP contribution is 2.24. The van der Waals surface area contributed by atoms with Gasteiger partial charge in [0.1, 0.15) is 0 Å². The predicted molar refractivity (Wildman–Crippen MR) is 99.3 cm³/mol. The smallest absolute Gasteiger partial charge is 0.321 e. The number of hydrogen-bond acceptors (Lipinski definition) is 5. The highest BCUT2D eigenvalue weighted by Gasteiger charge is 2.28. The molecule has 2 heterocycles. The maximum Gasteiger partial charge on any atom is 0.321 e. The van der Waals surface area contributed by atoms with Gasteiger partial charge in [-0.2, -0.15) is 0 Å². The number of carbonyl (C=O) groups excluding carboxylic acids is 1. The van der Waals surface area contributed by atoms with Crippen molar-refractivity contribution in [3.8, 4) is 11.3 Å². The van der Waals surface area contributed by atoms with Crippen LogP contribution in [0.3, 0.4) is 0 Å². The van der Waals surface area contributed by atoms with E-state index in [1.807, 2.05) is 38.5 Å². The van der Waals surface area contributed by atoms with Crippen molar-refractivity contribution >= 4 is 22.5 Å². The number of anilines is 1. The molecule has 0 saturated carbocycles. The largest absolute Gasteiger partial charge is 0.335 e. The summed E-state index contributed by atoms with van der Waals surface area (Å²) in [5.74, 6) is 0. The van der Waals surface area contributed by atoms with Crippen LogP contribution >= 0.6 is 11.3 Å². The third kappa shape index (κ3) is 5.01. The molecule has 0 bridgehead atoms. The lowest BCUT2D eigenvalue weighted by Gasteiger charge is -2.34. The van der Waals surface area contributed by atoms with E-state index in [2.05, 4.69) is 39.3 Å². The number of thiazole rings is 1. The van der Waals surface area contributed by atoms with Gasteiger partial charge in [-0.25, -0.2) is 9.78 Å². The molecule has 2 N–H and O–H groups in total. The fraction of sp³-hybridized carbons (Fsp3) is 0.471. The number of nitrogens with zero attached hydrogens (tertiary/aromatic N) is 3. The molecular weight excluding hydrogens is 322 g/mol. The number of rotatable bonds is 6. The first kappa shape index (κ1) is 18.4. The van der Waals surface area contributed by atoms with E-state index < -0.39 is 0 Å². The molecule has 2 amide bonds. The van der Waals surface area contributed by atoms with Gasteiger partial charge < -0.3 is 10.2 Å². The first-order valence-corrected chi connectivity index (χ1v) is 8.74. The van der Waals surface area contributed by atoms with Crippen molar-refractivity contribution in [1.29, 1.82) is 0 Å². The normalized spacial score (nSPS) is 12.9. The standard InChI is InChI=1S/C17H25N5OS/c1-12(17(2,3)11-22(4)5)19-15(23)21-16-20-14(10-24-16)13-7-6-8-18-9-13/h6-10,12H,11H2,1-5H3,(H2,19,20,21,23). The molecule has 0 aromatic carbocycles. The van der Waals surface area contributed by atoms with Crippen molar-refractivity contribution in [3.05, 3.63) is 29.9 Å². The molecular formula is C17H25N5OS. The van der Waals surface area contributed by atoms with Crippen LogP contribution in [0.2, 0.25) is 0 Å². The SMILES string of the molecule is CC(NC(=O)Nc1nc(-c2cccnc2)cs1)C(C)(C)CN(C)C. The second kappa shape index (κ2) is 7.72. The Bertz CT molecular complexity index is 669.